The number of esters is 1. The van der Waals surface area contributed by atoms with Crippen molar-refractivity contribution in [2.24, 2.45) is 0 Å². The van der Waals surface area contributed by atoms with Gasteiger partial charge in [0.15, 0.2) is 0 Å². The highest BCUT2D eigenvalue weighted by atomic mass is 16.5. The molecule has 5 heteroatoms. The summed E-state index contributed by atoms with van der Waals surface area (Å²) in [6, 6.07) is 7.08. The number of pyridine rings is 1. The highest BCUT2D eigenvalue weighted by molar-refractivity contribution is 5.93. The van der Waals surface area contributed by atoms with E-state index in [0.717, 1.165) is 44.1 Å². The molecule has 1 heterocycles. The average Bonchev–Trinajstić information content (AvgIpc) is 2.71. The number of fused-ring (bicyclic) bond motifs is 1. The first-order chi connectivity index (χ1) is 14.5. The molecule has 0 unspecified atom stereocenters. The van der Waals surface area contributed by atoms with Crippen LogP contribution in [0.3, 0.4) is 0 Å². The molecule has 1 aliphatic carbocycles. The molecule has 1 aliphatic rings. The van der Waals surface area contributed by atoms with E-state index in [4.69, 9.17) is 9.84 Å². The summed E-state index contributed by atoms with van der Waals surface area (Å²) < 4.78 is 5.60. The number of benzene rings is 1. The lowest BCUT2D eigenvalue weighted by atomic mass is 9.62. The number of ether oxygens (including phenoxy) is 1. The fraction of sp³-hybridized carbons (Fsp3) is 0.500. The Morgan fingerprint density at radius 2 is 1.68 bits per heavy atom. The highest BCUT2D eigenvalue weighted by Crippen LogP contribution is 2.46. The summed E-state index contributed by atoms with van der Waals surface area (Å²) in [5.74, 6) is -1.29. The lowest BCUT2D eigenvalue weighted by molar-refractivity contribution is 0.0690. The van der Waals surface area contributed by atoms with Gasteiger partial charge in [0.1, 0.15) is 11.4 Å². The first-order valence-corrected chi connectivity index (χ1v) is 11.1. The number of carboxylic acid groups (broad SMARTS) is 1. The van der Waals surface area contributed by atoms with E-state index in [1.807, 2.05) is 6.07 Å². The molecule has 0 spiro atoms. The normalized spacial score (nSPS) is 16.4. The number of carbonyl (C=O) groups excluding carboxylic acids is 1. The van der Waals surface area contributed by atoms with Crippen LogP contribution in [0.2, 0.25) is 0 Å². The van der Waals surface area contributed by atoms with Gasteiger partial charge >= 0.3 is 11.9 Å². The van der Waals surface area contributed by atoms with E-state index in [-0.39, 0.29) is 22.3 Å². The van der Waals surface area contributed by atoms with Crippen LogP contribution < -0.4 is 4.74 Å². The van der Waals surface area contributed by atoms with Gasteiger partial charge in [-0.3, -0.25) is 0 Å². The van der Waals surface area contributed by atoms with Crippen LogP contribution >= 0.6 is 0 Å². The summed E-state index contributed by atoms with van der Waals surface area (Å²) in [4.78, 5) is 28.0. The Morgan fingerprint density at radius 1 is 1.03 bits per heavy atom. The van der Waals surface area contributed by atoms with Crippen LogP contribution in [0.4, 0.5) is 0 Å². The summed E-state index contributed by atoms with van der Waals surface area (Å²) in [5, 5.41) is 9.01. The predicted molar refractivity (Wildman–Crippen MR) is 121 cm³/mol. The number of rotatable bonds is 7. The molecule has 166 valence electrons. The van der Waals surface area contributed by atoms with E-state index < -0.39 is 11.9 Å². The molecule has 1 aromatic carbocycles. The second-order valence-corrected chi connectivity index (χ2v) is 9.85. The highest BCUT2D eigenvalue weighted by Gasteiger charge is 2.38. The Hall–Kier alpha value is -2.69. The molecule has 5 nitrogen and oxygen atoms in total. The second-order valence-electron chi connectivity index (χ2n) is 9.85. The monoisotopic (exact) mass is 423 g/mol. The molecule has 31 heavy (non-hydrogen) atoms. The lowest BCUT2D eigenvalue weighted by Gasteiger charge is -2.42. The van der Waals surface area contributed by atoms with Crippen LogP contribution in [-0.4, -0.2) is 22.0 Å². The van der Waals surface area contributed by atoms with Crippen LogP contribution in [0.5, 0.6) is 5.75 Å². The zero-order valence-electron chi connectivity index (χ0n) is 19.2. The van der Waals surface area contributed by atoms with Crippen LogP contribution in [-0.2, 0) is 17.3 Å². The number of aromatic nitrogens is 1. The van der Waals surface area contributed by atoms with Crippen molar-refractivity contribution in [3.05, 3.63) is 58.4 Å². The molecule has 0 aliphatic heterocycles. The molecule has 0 radical (unpaired) electrons. The molecule has 0 fully saturated rings. The number of nitrogens with zero attached hydrogens (tertiary/aromatic N) is 1. The molecule has 0 bridgehead atoms. The standard InChI is InChI=1S/C26H33NO4/c1-6-7-8-9-17-14-20-21(26(4,5)13-12-25(20,2)3)15-19(17)24(30)31-18-10-11-22(23(28)29)27-16-18/h10-11,14-16H,6-9,12-13H2,1-5H3,(H,28,29). The average molecular weight is 424 g/mol. The van der Waals surface area contributed by atoms with E-state index in [0.29, 0.717) is 5.56 Å². The number of hydrogen-bond acceptors (Lipinski definition) is 4. The summed E-state index contributed by atoms with van der Waals surface area (Å²) in [6.45, 7) is 11.2. The van der Waals surface area contributed by atoms with Gasteiger partial charge in [0.2, 0.25) is 0 Å². The van der Waals surface area contributed by atoms with Crippen LogP contribution in [0, 0.1) is 0 Å². The quantitative estimate of drug-likeness (QED) is 0.431. The molecule has 1 N–H and O–H groups in total. The Bertz CT molecular complexity index is 974. The van der Waals surface area contributed by atoms with Crippen molar-refractivity contribution in [1.29, 1.82) is 0 Å². The maximum absolute atomic E-state index is 13.2. The van der Waals surface area contributed by atoms with E-state index >= 15 is 0 Å². The Balaban J connectivity index is 2.00. The minimum atomic E-state index is -1.12. The molecular weight excluding hydrogens is 390 g/mol. The van der Waals surface area contributed by atoms with Gasteiger partial charge in [-0.05, 0) is 71.4 Å². The third kappa shape index (κ3) is 4.97. The van der Waals surface area contributed by atoms with Gasteiger partial charge in [0.25, 0.3) is 0 Å². The molecular formula is C26H33NO4. The topological polar surface area (TPSA) is 76.5 Å². The second kappa shape index (κ2) is 8.81. The van der Waals surface area contributed by atoms with E-state index in [9.17, 15) is 9.59 Å². The van der Waals surface area contributed by atoms with Gasteiger partial charge in [-0.2, -0.15) is 0 Å². The molecule has 0 saturated carbocycles. The maximum Gasteiger partial charge on any atom is 0.354 e. The zero-order valence-corrected chi connectivity index (χ0v) is 19.2. The number of hydrogen-bond donors (Lipinski definition) is 1. The summed E-state index contributed by atoms with van der Waals surface area (Å²) in [6.07, 6.45) is 7.55. The summed E-state index contributed by atoms with van der Waals surface area (Å²) >= 11 is 0. The number of unbranched alkanes of at least 4 members (excludes halogenated alkanes) is 2. The van der Waals surface area contributed by atoms with Gasteiger partial charge in [0.05, 0.1) is 11.8 Å². The van der Waals surface area contributed by atoms with Crippen molar-refractivity contribution in [3.8, 4) is 5.75 Å². The maximum atomic E-state index is 13.2. The summed E-state index contributed by atoms with van der Waals surface area (Å²) in [5.41, 5.74) is 4.16. The van der Waals surface area contributed by atoms with Gasteiger partial charge in [-0.1, -0.05) is 53.5 Å². The van der Waals surface area contributed by atoms with Gasteiger partial charge in [-0.15, -0.1) is 0 Å². The summed E-state index contributed by atoms with van der Waals surface area (Å²) in [7, 11) is 0. The van der Waals surface area contributed by atoms with Crippen molar-refractivity contribution in [1.82, 2.24) is 4.98 Å². The van der Waals surface area contributed by atoms with Crippen LogP contribution in [0.1, 0.15) is 104 Å². The van der Waals surface area contributed by atoms with Gasteiger partial charge < -0.3 is 9.84 Å². The van der Waals surface area contributed by atoms with Crippen molar-refractivity contribution >= 4 is 11.9 Å². The third-order valence-electron chi connectivity index (χ3n) is 6.51. The molecule has 1 aromatic heterocycles. The van der Waals surface area contributed by atoms with E-state index in [2.05, 4.69) is 45.7 Å². The third-order valence-corrected chi connectivity index (χ3v) is 6.51. The SMILES string of the molecule is CCCCCc1cc2c(cc1C(=O)Oc1ccc(C(=O)O)nc1)C(C)(C)CCC2(C)C. The molecule has 3 rings (SSSR count). The van der Waals surface area contributed by atoms with Crippen molar-refractivity contribution < 1.29 is 19.4 Å². The van der Waals surface area contributed by atoms with Gasteiger partial charge in [0, 0.05) is 0 Å². The Labute approximate surface area is 184 Å². The van der Waals surface area contributed by atoms with Crippen LogP contribution in [0.25, 0.3) is 0 Å². The smallest absolute Gasteiger partial charge is 0.354 e. The first kappa shape index (κ1) is 23.0. The number of carboxylic acids is 1. The Kier molecular flexibility index (Phi) is 6.54. The van der Waals surface area contributed by atoms with Crippen LogP contribution in [0.15, 0.2) is 30.5 Å². The fourth-order valence-electron chi connectivity index (χ4n) is 4.35. The van der Waals surface area contributed by atoms with Gasteiger partial charge in [-0.25, -0.2) is 14.6 Å². The fourth-order valence-corrected chi connectivity index (χ4v) is 4.35. The number of carbonyl (C=O) groups is 2. The van der Waals surface area contributed by atoms with Crippen molar-refractivity contribution in [2.75, 3.05) is 0 Å². The zero-order chi connectivity index (χ0) is 22.8. The molecule has 2 aromatic rings. The molecule has 0 atom stereocenters. The largest absolute Gasteiger partial charge is 0.477 e. The van der Waals surface area contributed by atoms with E-state index in [1.165, 1.54) is 29.5 Å². The first-order valence-electron chi connectivity index (χ1n) is 11.1. The molecule has 0 amide bonds. The lowest BCUT2D eigenvalue weighted by Crippen LogP contribution is -2.34. The van der Waals surface area contributed by atoms with Crippen molar-refractivity contribution in [3.63, 3.8) is 0 Å². The number of aromatic carboxylic acids is 1. The Morgan fingerprint density at radius 3 is 2.23 bits per heavy atom. The predicted octanol–water partition coefficient (Wildman–Crippen LogP) is 6.08. The molecule has 0 saturated heterocycles. The minimum absolute atomic E-state index is 0.00742. The minimum Gasteiger partial charge on any atom is -0.477 e. The van der Waals surface area contributed by atoms with E-state index in [1.54, 1.807) is 0 Å². The van der Waals surface area contributed by atoms with Crippen molar-refractivity contribution in [2.45, 2.75) is 84.0 Å². The number of aryl methyl sites for hydroxylation is 1.